The average Bonchev–Trinajstić information content (AvgIpc) is 3.28. The molecule has 0 bridgehead atoms. The van der Waals surface area contributed by atoms with Gasteiger partial charge in [0, 0.05) is 30.7 Å². The highest BCUT2D eigenvalue weighted by Gasteiger charge is 2.35. The fraction of sp³-hybridized carbons (Fsp3) is 0.417. The van der Waals surface area contributed by atoms with E-state index in [2.05, 4.69) is 10.3 Å². The smallest absolute Gasteiger partial charge is 0.316 e. The van der Waals surface area contributed by atoms with Crippen LogP contribution in [0.3, 0.4) is 0 Å². The Labute approximate surface area is 216 Å². The number of likely N-dealkylation sites (N-methyl/N-ethyl adjacent to an activating group) is 1. The number of sulfone groups is 1. The van der Waals surface area contributed by atoms with Gasteiger partial charge in [0.15, 0.2) is 9.84 Å². The summed E-state index contributed by atoms with van der Waals surface area (Å²) >= 11 is 6.03. The van der Waals surface area contributed by atoms with Gasteiger partial charge in [0.25, 0.3) is 5.56 Å². The molecule has 1 fully saturated rings. The lowest BCUT2D eigenvalue weighted by Gasteiger charge is -2.20. The number of alkyl halides is 3. The molecule has 1 aromatic heterocycles. The predicted molar refractivity (Wildman–Crippen MR) is 135 cm³/mol. The zero-order chi connectivity index (χ0) is 27.1. The molecule has 1 saturated heterocycles. The van der Waals surface area contributed by atoms with Crippen LogP contribution in [-0.4, -0.2) is 54.8 Å². The first-order valence-corrected chi connectivity index (χ1v) is 13.6. The van der Waals surface area contributed by atoms with Crippen molar-refractivity contribution in [3.8, 4) is 0 Å². The Bertz CT molecular complexity index is 1570. The van der Waals surface area contributed by atoms with Gasteiger partial charge in [-0.3, -0.25) is 14.3 Å². The first-order valence-electron chi connectivity index (χ1n) is 11.6. The van der Waals surface area contributed by atoms with E-state index in [1.54, 1.807) is 7.05 Å². The van der Waals surface area contributed by atoms with E-state index in [4.69, 9.17) is 11.6 Å². The molecule has 0 amide bonds. The normalized spacial score (nSPS) is 17.1. The summed E-state index contributed by atoms with van der Waals surface area (Å²) in [6.07, 6.45) is -3.93. The van der Waals surface area contributed by atoms with Gasteiger partial charge < -0.3 is 10.3 Å². The first-order chi connectivity index (χ1) is 17.3. The number of aromatic nitrogens is 2. The number of aromatic amines is 1. The molecular weight excluding hydrogens is 533 g/mol. The standard InChI is InChI=1S/C24H26ClF3N4O4S/c1-3-37(35,36)21-5-4-16(25)8-15(21)12-32-22(33)18-10-19(24(26,27)28)14(9-20(18)30-23(32)34)11-31-7-6-17(13-31)29-2/h4-5,8-10,17,29H,3,6-7,11-13H2,1-2H3,(H,30,34)/t17-/m1/s1. The summed E-state index contributed by atoms with van der Waals surface area (Å²) in [5, 5.41) is 2.97. The molecular formula is C24H26ClF3N4O4S. The first kappa shape index (κ1) is 27.4. The van der Waals surface area contributed by atoms with Gasteiger partial charge >= 0.3 is 11.9 Å². The van der Waals surface area contributed by atoms with E-state index in [1.807, 2.05) is 4.90 Å². The lowest BCUT2D eigenvalue weighted by atomic mass is 10.0. The quantitative estimate of drug-likeness (QED) is 0.462. The Morgan fingerprint density at radius 2 is 1.86 bits per heavy atom. The third-order valence-electron chi connectivity index (χ3n) is 6.65. The van der Waals surface area contributed by atoms with Crippen molar-refractivity contribution in [1.82, 2.24) is 19.8 Å². The topological polar surface area (TPSA) is 104 Å². The van der Waals surface area contributed by atoms with Gasteiger partial charge in [-0.05, 0) is 54.9 Å². The molecule has 8 nitrogen and oxygen atoms in total. The van der Waals surface area contributed by atoms with Gasteiger partial charge in [0.1, 0.15) is 0 Å². The van der Waals surface area contributed by atoms with E-state index >= 15 is 0 Å². The highest BCUT2D eigenvalue weighted by Crippen LogP contribution is 2.34. The van der Waals surface area contributed by atoms with Crippen molar-refractivity contribution in [3.05, 3.63) is 72.9 Å². The fourth-order valence-electron chi connectivity index (χ4n) is 4.64. The van der Waals surface area contributed by atoms with E-state index in [0.29, 0.717) is 17.7 Å². The number of hydrogen-bond donors (Lipinski definition) is 2. The second kappa shape index (κ2) is 10.2. The third kappa shape index (κ3) is 5.62. The highest BCUT2D eigenvalue weighted by atomic mass is 35.5. The summed E-state index contributed by atoms with van der Waals surface area (Å²) in [7, 11) is -1.93. The minimum absolute atomic E-state index is 0.00876. The van der Waals surface area contributed by atoms with E-state index in [-0.39, 0.29) is 50.3 Å². The number of hydrogen-bond acceptors (Lipinski definition) is 6. The molecule has 0 spiro atoms. The fourth-order valence-corrected chi connectivity index (χ4v) is 5.94. The van der Waals surface area contributed by atoms with Crippen LogP contribution in [0.5, 0.6) is 0 Å². The Kier molecular flexibility index (Phi) is 7.57. The number of H-pyrrole nitrogens is 1. The molecule has 0 unspecified atom stereocenters. The van der Waals surface area contributed by atoms with Gasteiger partial charge in [0.2, 0.25) is 0 Å². The zero-order valence-electron chi connectivity index (χ0n) is 20.2. The molecule has 4 rings (SSSR count). The molecule has 200 valence electrons. The SMILES string of the molecule is CCS(=O)(=O)c1ccc(Cl)cc1Cn1c(=O)[nH]c2cc(CN3CC[C@@H](NC)C3)c(C(F)(F)F)cc2c1=O. The van der Waals surface area contributed by atoms with Crippen LogP contribution >= 0.6 is 11.6 Å². The van der Waals surface area contributed by atoms with Gasteiger partial charge in [-0.25, -0.2) is 13.2 Å². The Hall–Kier alpha value is -2.67. The largest absolute Gasteiger partial charge is 0.416 e. The van der Waals surface area contributed by atoms with Gasteiger partial charge in [-0.1, -0.05) is 18.5 Å². The number of rotatable bonds is 7. The molecule has 37 heavy (non-hydrogen) atoms. The zero-order valence-corrected chi connectivity index (χ0v) is 21.7. The number of benzene rings is 2. The summed E-state index contributed by atoms with van der Waals surface area (Å²) in [6, 6.07) is 6.10. The van der Waals surface area contributed by atoms with Crippen molar-refractivity contribution in [3.63, 3.8) is 0 Å². The Balaban J connectivity index is 1.83. The second-order valence-electron chi connectivity index (χ2n) is 9.04. The van der Waals surface area contributed by atoms with Crippen molar-refractivity contribution < 1.29 is 21.6 Å². The monoisotopic (exact) mass is 558 g/mol. The number of fused-ring (bicyclic) bond motifs is 1. The molecule has 0 radical (unpaired) electrons. The summed E-state index contributed by atoms with van der Waals surface area (Å²) < 4.78 is 67.8. The molecule has 1 aliphatic heterocycles. The number of halogens is 4. The van der Waals surface area contributed by atoms with Crippen molar-refractivity contribution >= 4 is 32.3 Å². The van der Waals surface area contributed by atoms with Crippen molar-refractivity contribution in [2.24, 2.45) is 0 Å². The maximum absolute atomic E-state index is 14.0. The summed E-state index contributed by atoms with van der Waals surface area (Å²) in [5.41, 5.74) is -2.78. The summed E-state index contributed by atoms with van der Waals surface area (Å²) in [6.45, 7) is 2.16. The molecule has 2 heterocycles. The molecule has 1 aliphatic rings. The molecule has 2 aromatic carbocycles. The van der Waals surface area contributed by atoms with E-state index in [0.717, 1.165) is 12.5 Å². The van der Waals surface area contributed by atoms with Crippen LogP contribution in [0.1, 0.15) is 30.0 Å². The summed E-state index contributed by atoms with van der Waals surface area (Å²) in [4.78, 5) is 30.4. The molecule has 0 saturated carbocycles. The van der Waals surface area contributed by atoms with Crippen molar-refractivity contribution in [2.45, 2.75) is 43.5 Å². The molecule has 0 aliphatic carbocycles. The maximum Gasteiger partial charge on any atom is 0.416 e. The van der Waals surface area contributed by atoms with Crippen molar-refractivity contribution in [2.75, 3.05) is 25.9 Å². The van der Waals surface area contributed by atoms with E-state index in [9.17, 15) is 31.2 Å². The average molecular weight is 559 g/mol. The van der Waals surface area contributed by atoms with E-state index < -0.39 is 39.4 Å². The third-order valence-corrected chi connectivity index (χ3v) is 8.72. The predicted octanol–water partition coefficient (Wildman–Crippen LogP) is 3.00. The number of nitrogens with one attached hydrogen (secondary N) is 2. The minimum Gasteiger partial charge on any atom is -0.316 e. The van der Waals surface area contributed by atoms with Gasteiger partial charge in [-0.2, -0.15) is 13.2 Å². The van der Waals surface area contributed by atoms with Crippen LogP contribution in [-0.2, 0) is 29.1 Å². The lowest BCUT2D eigenvalue weighted by molar-refractivity contribution is -0.138. The number of nitrogens with zero attached hydrogens (tertiary/aromatic N) is 2. The lowest BCUT2D eigenvalue weighted by Crippen LogP contribution is -2.36. The van der Waals surface area contributed by atoms with Crippen LogP contribution < -0.4 is 16.6 Å². The minimum atomic E-state index is -4.73. The highest BCUT2D eigenvalue weighted by molar-refractivity contribution is 7.91. The molecule has 3 aromatic rings. The molecule has 1 atom stereocenters. The van der Waals surface area contributed by atoms with Crippen LogP contribution in [0, 0.1) is 0 Å². The molecule has 2 N–H and O–H groups in total. The Morgan fingerprint density at radius 3 is 2.49 bits per heavy atom. The van der Waals surface area contributed by atoms with Gasteiger partial charge in [0.05, 0.1) is 33.7 Å². The van der Waals surface area contributed by atoms with E-state index in [1.165, 1.54) is 31.2 Å². The Morgan fingerprint density at radius 1 is 1.14 bits per heavy atom. The van der Waals surface area contributed by atoms with Crippen LogP contribution in [0.15, 0.2) is 44.8 Å². The molecule has 13 heteroatoms. The van der Waals surface area contributed by atoms with Crippen molar-refractivity contribution in [1.29, 1.82) is 0 Å². The summed E-state index contributed by atoms with van der Waals surface area (Å²) in [5.74, 6) is -0.228. The number of likely N-dealkylation sites (tertiary alicyclic amines) is 1. The van der Waals surface area contributed by atoms with Gasteiger partial charge in [-0.15, -0.1) is 0 Å². The van der Waals surface area contributed by atoms with Crippen LogP contribution in [0.25, 0.3) is 10.9 Å². The van der Waals surface area contributed by atoms with Crippen LogP contribution in [0.2, 0.25) is 5.02 Å². The second-order valence-corrected chi connectivity index (χ2v) is 11.7. The maximum atomic E-state index is 14.0. The van der Waals surface area contributed by atoms with Crippen LogP contribution in [0.4, 0.5) is 13.2 Å².